The van der Waals surface area contributed by atoms with Crippen molar-refractivity contribution in [2.75, 3.05) is 27.7 Å². The maximum absolute atomic E-state index is 12.2. The van der Waals surface area contributed by atoms with E-state index in [4.69, 9.17) is 9.84 Å². The molecule has 0 aliphatic rings. The number of carboxylic acid groups (broad SMARTS) is 1. The Labute approximate surface area is 198 Å². The van der Waals surface area contributed by atoms with Gasteiger partial charge in [0.05, 0.1) is 27.6 Å². The van der Waals surface area contributed by atoms with Crippen LogP contribution in [0.3, 0.4) is 0 Å². The molecule has 0 aliphatic heterocycles. The Morgan fingerprint density at radius 2 is 1.25 bits per heavy atom. The predicted octanol–water partition coefficient (Wildman–Crippen LogP) is 6.98. The average Bonchev–Trinajstić information content (AvgIpc) is 2.68. The van der Waals surface area contributed by atoms with E-state index in [1.807, 2.05) is 21.1 Å². The molecule has 0 fully saturated rings. The van der Waals surface area contributed by atoms with Crippen LogP contribution in [0.4, 0.5) is 0 Å². The van der Waals surface area contributed by atoms with E-state index in [-0.39, 0.29) is 12.4 Å². The molecule has 5 heteroatoms. The summed E-state index contributed by atoms with van der Waals surface area (Å²) in [6, 6.07) is 0. The first-order valence-electron chi connectivity index (χ1n) is 13.4. The summed E-state index contributed by atoms with van der Waals surface area (Å²) in [5.74, 6) is -0.680. The molecule has 0 aliphatic carbocycles. The Kier molecular flexibility index (Phi) is 18.7. The normalized spacial score (nSPS) is 13.7. The van der Waals surface area contributed by atoms with Gasteiger partial charge in [-0.1, -0.05) is 104 Å². The van der Waals surface area contributed by atoms with Crippen LogP contribution < -0.4 is 0 Å². The van der Waals surface area contributed by atoms with Crippen molar-refractivity contribution in [3.63, 3.8) is 0 Å². The minimum atomic E-state index is -0.924. The highest BCUT2D eigenvalue weighted by Crippen LogP contribution is 2.18. The van der Waals surface area contributed by atoms with Crippen molar-refractivity contribution in [2.24, 2.45) is 5.92 Å². The van der Waals surface area contributed by atoms with Crippen LogP contribution in [0, 0.1) is 5.92 Å². The number of carboxylic acids is 1. The van der Waals surface area contributed by atoms with Crippen molar-refractivity contribution in [3.05, 3.63) is 0 Å². The van der Waals surface area contributed by atoms with E-state index >= 15 is 0 Å². The molecule has 0 radical (unpaired) electrons. The number of likely N-dealkylation sites (N-methyl/N-ethyl adjacent to an activating group) is 1. The molecular formula is C27H54NO4+. The van der Waals surface area contributed by atoms with Crippen LogP contribution in [0.5, 0.6) is 0 Å². The first-order valence-corrected chi connectivity index (χ1v) is 13.4. The van der Waals surface area contributed by atoms with Crippen LogP contribution in [0.25, 0.3) is 0 Å². The van der Waals surface area contributed by atoms with Crippen molar-refractivity contribution in [1.29, 1.82) is 0 Å². The Morgan fingerprint density at radius 1 is 0.781 bits per heavy atom. The molecule has 0 saturated carbocycles. The third-order valence-electron chi connectivity index (χ3n) is 6.09. The lowest BCUT2D eigenvalue weighted by Crippen LogP contribution is -2.43. The molecule has 0 spiro atoms. The molecule has 1 N–H and O–H groups in total. The molecule has 5 nitrogen and oxygen atoms in total. The van der Waals surface area contributed by atoms with Gasteiger partial charge in [-0.3, -0.25) is 9.59 Å². The van der Waals surface area contributed by atoms with Crippen LogP contribution in [-0.4, -0.2) is 55.3 Å². The Morgan fingerprint density at radius 3 is 1.69 bits per heavy atom. The third kappa shape index (κ3) is 22.1. The van der Waals surface area contributed by atoms with Crippen LogP contribution in [0.2, 0.25) is 0 Å². The summed E-state index contributed by atoms with van der Waals surface area (Å²) in [6.07, 6.45) is 19.4. The summed E-state index contributed by atoms with van der Waals surface area (Å²) in [4.78, 5) is 23.2. The molecule has 0 aromatic heterocycles. The highest BCUT2D eigenvalue weighted by molar-refractivity contribution is 5.71. The number of carbonyl (C=O) groups is 2. The summed E-state index contributed by atoms with van der Waals surface area (Å²) < 4.78 is 6.04. The van der Waals surface area contributed by atoms with E-state index in [2.05, 4.69) is 13.8 Å². The number of hydrogen-bond acceptors (Lipinski definition) is 3. The lowest BCUT2D eigenvalue weighted by atomic mass is 9.97. The lowest BCUT2D eigenvalue weighted by molar-refractivity contribution is -0.873. The van der Waals surface area contributed by atoms with Gasteiger partial charge in [-0.25, -0.2) is 0 Å². The summed E-state index contributed by atoms with van der Waals surface area (Å²) in [6.45, 7) is 4.98. The third-order valence-corrected chi connectivity index (χ3v) is 6.09. The van der Waals surface area contributed by atoms with Crippen molar-refractivity contribution < 1.29 is 23.9 Å². The molecule has 0 heterocycles. The maximum atomic E-state index is 12.2. The molecule has 0 rings (SSSR count). The molecular weight excluding hydrogens is 402 g/mol. The molecule has 2 unspecified atom stereocenters. The van der Waals surface area contributed by atoms with Crippen LogP contribution in [0.15, 0.2) is 0 Å². The van der Waals surface area contributed by atoms with Gasteiger partial charge in [0, 0.05) is 6.42 Å². The summed E-state index contributed by atoms with van der Waals surface area (Å²) in [7, 11) is 5.92. The van der Waals surface area contributed by atoms with Gasteiger partial charge >= 0.3 is 11.9 Å². The first kappa shape index (κ1) is 30.9. The Bertz CT molecular complexity index is 473. The van der Waals surface area contributed by atoms with Crippen LogP contribution in [0.1, 0.15) is 123 Å². The zero-order valence-corrected chi connectivity index (χ0v) is 22.0. The van der Waals surface area contributed by atoms with Gasteiger partial charge in [-0.05, 0) is 12.3 Å². The van der Waals surface area contributed by atoms with E-state index in [0.29, 0.717) is 23.4 Å². The summed E-state index contributed by atoms with van der Waals surface area (Å²) >= 11 is 0. The van der Waals surface area contributed by atoms with Gasteiger partial charge in [-0.2, -0.15) is 0 Å². The Balaban J connectivity index is 3.70. The minimum absolute atomic E-state index is 0.129. The van der Waals surface area contributed by atoms with E-state index in [0.717, 1.165) is 12.8 Å². The summed E-state index contributed by atoms with van der Waals surface area (Å²) in [5, 5.41) is 9.06. The topological polar surface area (TPSA) is 63.6 Å². The van der Waals surface area contributed by atoms with E-state index in [1.165, 1.54) is 83.5 Å². The molecule has 32 heavy (non-hydrogen) atoms. The second-order valence-electron chi connectivity index (χ2n) is 10.9. The van der Waals surface area contributed by atoms with Crippen molar-refractivity contribution >= 4 is 11.9 Å². The zero-order chi connectivity index (χ0) is 24.2. The number of ether oxygens (including phenoxy) is 1. The molecule has 0 aromatic rings. The number of aliphatic carboxylic acids is 1. The molecule has 2 atom stereocenters. The zero-order valence-electron chi connectivity index (χ0n) is 22.0. The number of quaternary nitrogens is 1. The molecule has 0 bridgehead atoms. The van der Waals surface area contributed by atoms with Gasteiger partial charge in [0.1, 0.15) is 6.54 Å². The molecule has 190 valence electrons. The second-order valence-corrected chi connectivity index (χ2v) is 10.9. The number of hydrogen-bond donors (Lipinski definition) is 1. The maximum Gasteiger partial charge on any atom is 0.307 e. The number of carbonyl (C=O) groups excluding carboxylic acids is 1. The molecule has 0 saturated heterocycles. The fourth-order valence-electron chi connectivity index (χ4n) is 4.21. The lowest BCUT2D eigenvalue weighted by Gasteiger charge is -2.28. The smallest absolute Gasteiger partial charge is 0.307 e. The van der Waals surface area contributed by atoms with Crippen LogP contribution >= 0.6 is 0 Å². The first-order chi connectivity index (χ1) is 15.1. The SMILES string of the molecule is CCCCCCCCCCCCCCCC(C)CCC(=O)OC(CC(=O)O)C[N+](C)(C)C. The van der Waals surface area contributed by atoms with E-state index in [1.54, 1.807) is 0 Å². The largest absolute Gasteiger partial charge is 0.481 e. The fraction of sp³-hybridized carbons (Fsp3) is 0.926. The Hall–Kier alpha value is -1.10. The van der Waals surface area contributed by atoms with Crippen LogP contribution in [-0.2, 0) is 14.3 Å². The van der Waals surface area contributed by atoms with E-state index < -0.39 is 12.1 Å². The van der Waals surface area contributed by atoms with Crippen molar-refractivity contribution in [1.82, 2.24) is 0 Å². The highest BCUT2D eigenvalue weighted by atomic mass is 16.5. The van der Waals surface area contributed by atoms with Gasteiger partial charge in [-0.15, -0.1) is 0 Å². The van der Waals surface area contributed by atoms with Gasteiger partial charge in [0.2, 0.25) is 0 Å². The average molecular weight is 457 g/mol. The number of nitrogens with zero attached hydrogens (tertiary/aromatic N) is 1. The minimum Gasteiger partial charge on any atom is -0.481 e. The quantitative estimate of drug-likeness (QED) is 0.108. The highest BCUT2D eigenvalue weighted by Gasteiger charge is 2.24. The molecule has 0 aromatic carbocycles. The van der Waals surface area contributed by atoms with Crippen molar-refractivity contribution in [3.8, 4) is 0 Å². The van der Waals surface area contributed by atoms with Crippen molar-refractivity contribution in [2.45, 2.75) is 129 Å². The molecule has 0 amide bonds. The monoisotopic (exact) mass is 456 g/mol. The number of unbranched alkanes of at least 4 members (excludes halogenated alkanes) is 12. The summed E-state index contributed by atoms with van der Waals surface area (Å²) in [5.41, 5.74) is 0. The van der Waals surface area contributed by atoms with Gasteiger partial charge < -0.3 is 14.3 Å². The number of rotatable bonds is 22. The standard InChI is InChI=1S/C27H53NO4/c1-6-7-8-9-10-11-12-13-14-15-16-17-18-19-24(2)20-21-27(31)32-25(22-26(29)30)23-28(3,4)5/h24-25H,6-23H2,1-5H3/p+1. The van der Waals surface area contributed by atoms with E-state index in [9.17, 15) is 9.59 Å². The second kappa shape index (κ2) is 19.4. The van der Waals surface area contributed by atoms with Gasteiger partial charge in [0.25, 0.3) is 0 Å². The predicted molar refractivity (Wildman–Crippen MR) is 134 cm³/mol. The van der Waals surface area contributed by atoms with Gasteiger partial charge in [0.15, 0.2) is 6.10 Å². The fourth-order valence-corrected chi connectivity index (χ4v) is 4.21. The number of esters is 1.